The topological polar surface area (TPSA) is 94.1 Å². The summed E-state index contributed by atoms with van der Waals surface area (Å²) < 4.78 is 16.4. The quantitative estimate of drug-likeness (QED) is 0.773. The van der Waals surface area contributed by atoms with E-state index in [-0.39, 0.29) is 18.6 Å². The fourth-order valence-electron chi connectivity index (χ4n) is 2.31. The lowest BCUT2D eigenvalue weighted by Gasteiger charge is -2.24. The molecule has 1 aromatic rings. The van der Waals surface area contributed by atoms with E-state index in [4.69, 9.17) is 14.2 Å². The van der Waals surface area contributed by atoms with Crippen LogP contribution in [0.5, 0.6) is 11.5 Å². The molecule has 23 heavy (non-hydrogen) atoms. The smallest absolute Gasteiger partial charge is 0.331 e. The second kappa shape index (κ2) is 7.18. The molecule has 126 valence electrons. The first-order chi connectivity index (χ1) is 10.9. The van der Waals surface area contributed by atoms with Crippen molar-refractivity contribution in [1.82, 2.24) is 5.32 Å². The molecule has 8 heteroatoms. The van der Waals surface area contributed by atoms with Crippen LogP contribution in [-0.2, 0) is 9.53 Å². The van der Waals surface area contributed by atoms with Crippen molar-refractivity contribution in [2.24, 2.45) is 0 Å². The lowest BCUT2D eigenvalue weighted by atomic mass is 9.98. The summed E-state index contributed by atoms with van der Waals surface area (Å²) in [7, 11) is 1.47. The number of hydrogen-bond acceptors (Lipinski definition) is 5. The third-order valence-corrected chi connectivity index (χ3v) is 4.15. The van der Waals surface area contributed by atoms with E-state index in [9.17, 15) is 14.7 Å². The summed E-state index contributed by atoms with van der Waals surface area (Å²) in [6, 6.07) is 3.07. The van der Waals surface area contributed by atoms with Gasteiger partial charge in [-0.05, 0) is 35.0 Å². The normalized spacial score (nSPS) is 20.1. The van der Waals surface area contributed by atoms with Crippen LogP contribution in [0.2, 0.25) is 0 Å². The number of carbonyl (C=O) groups excluding carboxylic acids is 1. The zero-order chi connectivity index (χ0) is 17.0. The van der Waals surface area contributed by atoms with E-state index in [1.807, 2.05) is 6.92 Å². The van der Waals surface area contributed by atoms with Gasteiger partial charge in [0.1, 0.15) is 0 Å². The first kappa shape index (κ1) is 17.6. The van der Waals surface area contributed by atoms with Gasteiger partial charge in [-0.3, -0.25) is 4.79 Å². The summed E-state index contributed by atoms with van der Waals surface area (Å²) in [6.07, 6.45) is 0.226. The van der Waals surface area contributed by atoms with Crippen molar-refractivity contribution >= 4 is 27.8 Å². The number of rotatable bonds is 6. The number of amides is 1. The van der Waals surface area contributed by atoms with E-state index in [0.29, 0.717) is 29.2 Å². The molecule has 0 aliphatic carbocycles. The zero-order valence-electron chi connectivity index (χ0n) is 12.8. The monoisotopic (exact) mass is 387 g/mol. The van der Waals surface area contributed by atoms with Crippen LogP contribution in [0.1, 0.15) is 23.7 Å². The summed E-state index contributed by atoms with van der Waals surface area (Å²) in [5, 5.41) is 11.9. The summed E-state index contributed by atoms with van der Waals surface area (Å²) in [5.74, 6) is -0.748. The second-order valence-corrected chi connectivity index (χ2v) is 5.92. The number of carboxylic acid groups (broad SMARTS) is 1. The third-order valence-electron chi connectivity index (χ3n) is 3.56. The van der Waals surface area contributed by atoms with E-state index in [1.165, 1.54) is 13.2 Å². The molecular formula is C15H18BrNO6. The van der Waals surface area contributed by atoms with Gasteiger partial charge in [0.2, 0.25) is 0 Å². The SMILES string of the molecule is CCOc1c(Br)cc(C(=O)NC2(C(=O)O)CCOC2)cc1OC. The molecule has 0 aromatic heterocycles. The number of hydrogen-bond donors (Lipinski definition) is 2. The van der Waals surface area contributed by atoms with Crippen molar-refractivity contribution in [3.8, 4) is 11.5 Å². The first-order valence-electron chi connectivity index (χ1n) is 7.07. The molecule has 0 bridgehead atoms. The minimum atomic E-state index is -1.39. The molecule has 0 spiro atoms. The number of nitrogens with one attached hydrogen (secondary N) is 1. The molecule has 1 aliphatic rings. The summed E-state index contributed by atoms with van der Waals surface area (Å²) in [6.45, 7) is 2.52. The van der Waals surface area contributed by atoms with Gasteiger partial charge >= 0.3 is 5.97 Å². The highest BCUT2D eigenvalue weighted by atomic mass is 79.9. The van der Waals surface area contributed by atoms with E-state index in [2.05, 4.69) is 21.2 Å². The number of halogens is 1. The first-order valence-corrected chi connectivity index (χ1v) is 7.87. The molecule has 1 amide bonds. The highest BCUT2D eigenvalue weighted by Crippen LogP contribution is 2.36. The van der Waals surface area contributed by atoms with Crippen LogP contribution in [0.3, 0.4) is 0 Å². The maximum atomic E-state index is 12.5. The molecule has 1 heterocycles. The van der Waals surface area contributed by atoms with Crippen LogP contribution >= 0.6 is 15.9 Å². The average Bonchev–Trinajstić information content (AvgIpc) is 2.99. The number of aliphatic carboxylic acids is 1. The largest absolute Gasteiger partial charge is 0.493 e. The van der Waals surface area contributed by atoms with Crippen molar-refractivity contribution in [3.05, 3.63) is 22.2 Å². The number of methoxy groups -OCH3 is 1. The van der Waals surface area contributed by atoms with Crippen LogP contribution in [0.4, 0.5) is 0 Å². The van der Waals surface area contributed by atoms with Crippen molar-refractivity contribution in [2.75, 3.05) is 26.9 Å². The standard InChI is InChI=1S/C15H18BrNO6/c1-3-23-12-10(16)6-9(7-11(12)21-2)13(18)17-15(14(19)20)4-5-22-8-15/h6-7H,3-5,8H2,1-2H3,(H,17,18)(H,19,20). The number of carboxylic acids is 1. The molecule has 1 unspecified atom stereocenters. The van der Waals surface area contributed by atoms with Crippen LogP contribution in [0.25, 0.3) is 0 Å². The molecular weight excluding hydrogens is 370 g/mol. The van der Waals surface area contributed by atoms with Crippen LogP contribution < -0.4 is 14.8 Å². The summed E-state index contributed by atoms with van der Waals surface area (Å²) in [4.78, 5) is 23.9. The molecule has 7 nitrogen and oxygen atoms in total. The van der Waals surface area contributed by atoms with Gasteiger partial charge in [-0.2, -0.15) is 0 Å². The van der Waals surface area contributed by atoms with E-state index in [0.717, 1.165) is 0 Å². The summed E-state index contributed by atoms with van der Waals surface area (Å²) in [5.41, 5.74) is -1.13. The van der Waals surface area contributed by atoms with Crippen LogP contribution in [-0.4, -0.2) is 49.5 Å². The van der Waals surface area contributed by atoms with E-state index < -0.39 is 17.4 Å². The van der Waals surface area contributed by atoms with Crippen molar-refractivity contribution in [2.45, 2.75) is 18.9 Å². The Kier molecular flexibility index (Phi) is 5.48. The van der Waals surface area contributed by atoms with Gasteiger partial charge in [0.15, 0.2) is 17.0 Å². The molecule has 2 N–H and O–H groups in total. The van der Waals surface area contributed by atoms with Gasteiger partial charge in [-0.15, -0.1) is 0 Å². The Morgan fingerprint density at radius 1 is 1.48 bits per heavy atom. The van der Waals surface area contributed by atoms with Gasteiger partial charge < -0.3 is 24.6 Å². The molecule has 2 rings (SSSR count). The average molecular weight is 388 g/mol. The Morgan fingerprint density at radius 2 is 2.22 bits per heavy atom. The maximum Gasteiger partial charge on any atom is 0.331 e. The predicted molar refractivity (Wildman–Crippen MR) is 85.1 cm³/mol. The van der Waals surface area contributed by atoms with Gasteiger partial charge in [-0.25, -0.2) is 4.79 Å². The Hall–Kier alpha value is -1.80. The van der Waals surface area contributed by atoms with Crippen LogP contribution in [0.15, 0.2) is 16.6 Å². The highest BCUT2D eigenvalue weighted by molar-refractivity contribution is 9.10. The molecule has 0 radical (unpaired) electrons. The Labute approximate surface area is 142 Å². The van der Waals surface area contributed by atoms with Gasteiger partial charge in [0.05, 0.1) is 24.8 Å². The van der Waals surface area contributed by atoms with Crippen LogP contribution in [0, 0.1) is 0 Å². The lowest BCUT2D eigenvalue weighted by Crippen LogP contribution is -2.55. The zero-order valence-corrected chi connectivity index (χ0v) is 14.4. The van der Waals surface area contributed by atoms with E-state index >= 15 is 0 Å². The van der Waals surface area contributed by atoms with Gasteiger partial charge in [0.25, 0.3) is 5.91 Å². The molecule has 1 saturated heterocycles. The molecule has 1 aromatic carbocycles. The third kappa shape index (κ3) is 3.59. The summed E-state index contributed by atoms with van der Waals surface area (Å²) >= 11 is 3.34. The number of ether oxygens (including phenoxy) is 3. The molecule has 0 saturated carbocycles. The molecule has 1 fully saturated rings. The van der Waals surface area contributed by atoms with E-state index in [1.54, 1.807) is 6.07 Å². The predicted octanol–water partition coefficient (Wildman–Crippen LogP) is 1.83. The Balaban J connectivity index is 2.29. The van der Waals surface area contributed by atoms with Crippen molar-refractivity contribution in [1.29, 1.82) is 0 Å². The number of benzene rings is 1. The highest BCUT2D eigenvalue weighted by Gasteiger charge is 2.44. The van der Waals surface area contributed by atoms with Crippen molar-refractivity contribution < 1.29 is 28.9 Å². The number of carbonyl (C=O) groups is 2. The van der Waals surface area contributed by atoms with Gasteiger partial charge in [0, 0.05) is 18.6 Å². The minimum absolute atomic E-state index is 0.0522. The Morgan fingerprint density at radius 3 is 2.74 bits per heavy atom. The molecule has 1 aliphatic heterocycles. The minimum Gasteiger partial charge on any atom is -0.493 e. The van der Waals surface area contributed by atoms with Crippen molar-refractivity contribution in [3.63, 3.8) is 0 Å². The fourth-order valence-corrected chi connectivity index (χ4v) is 2.87. The van der Waals surface area contributed by atoms with Gasteiger partial charge in [-0.1, -0.05) is 0 Å². The maximum absolute atomic E-state index is 12.5. The lowest BCUT2D eigenvalue weighted by molar-refractivity contribution is -0.144. The second-order valence-electron chi connectivity index (χ2n) is 5.07. The molecule has 1 atom stereocenters. The Bertz CT molecular complexity index is 612. The fraction of sp³-hybridized carbons (Fsp3) is 0.467.